The first-order valence-electron chi connectivity index (χ1n) is 6.80. The van der Waals surface area contributed by atoms with Gasteiger partial charge in [-0.05, 0) is 24.3 Å². The highest BCUT2D eigenvalue weighted by molar-refractivity contribution is 7.97. The summed E-state index contributed by atoms with van der Waals surface area (Å²) in [5.74, 6) is -5.27. The maximum absolute atomic E-state index is 14.4. The normalized spacial score (nSPS) is 11.0. The van der Waals surface area contributed by atoms with Crippen molar-refractivity contribution >= 4 is 10.9 Å². The summed E-state index contributed by atoms with van der Waals surface area (Å²) in [6, 6.07) is 18.7. The smallest absolute Gasteiger partial charge is 0.218 e. The van der Waals surface area contributed by atoms with Crippen molar-refractivity contribution in [3.8, 4) is 5.75 Å². The molecule has 3 aromatic rings. The first kappa shape index (κ1) is 15.5. The number of phenols is 1. The topological polar surface area (TPSA) is 20.2 Å². The van der Waals surface area contributed by atoms with E-state index in [1.54, 1.807) is 48.5 Å². The predicted molar refractivity (Wildman–Crippen MR) is 83.0 cm³/mol. The van der Waals surface area contributed by atoms with E-state index in [9.17, 15) is 18.3 Å². The zero-order chi connectivity index (χ0) is 16.4. The van der Waals surface area contributed by atoms with Gasteiger partial charge >= 0.3 is 0 Å². The second-order valence-corrected chi connectivity index (χ2v) is 6.76. The Labute approximate surface area is 134 Å². The van der Waals surface area contributed by atoms with Gasteiger partial charge in [0.2, 0.25) is 16.5 Å². The highest BCUT2D eigenvalue weighted by atomic mass is 32.2. The molecule has 0 bridgehead atoms. The summed E-state index contributed by atoms with van der Waals surface area (Å²) < 4.78 is 41.9. The molecular formula is C18H12F3OS+. The van der Waals surface area contributed by atoms with E-state index >= 15 is 0 Å². The molecule has 0 unspecified atom stereocenters. The Bertz CT molecular complexity index is 783. The lowest BCUT2D eigenvalue weighted by Crippen LogP contribution is -2.09. The molecule has 0 fully saturated rings. The molecule has 0 amide bonds. The zero-order valence-electron chi connectivity index (χ0n) is 11.8. The van der Waals surface area contributed by atoms with Gasteiger partial charge in [0.1, 0.15) is 10.9 Å². The van der Waals surface area contributed by atoms with E-state index in [1.165, 1.54) is 0 Å². The molecule has 1 N–H and O–H groups in total. The first-order chi connectivity index (χ1) is 11.1. The van der Waals surface area contributed by atoms with Crippen LogP contribution in [-0.2, 0) is 10.9 Å². The number of hydrogen-bond acceptors (Lipinski definition) is 1. The largest absolute Gasteiger partial charge is 0.503 e. The summed E-state index contributed by atoms with van der Waals surface area (Å²) in [6.07, 6.45) is 0. The van der Waals surface area contributed by atoms with Crippen molar-refractivity contribution in [1.29, 1.82) is 0 Å². The maximum atomic E-state index is 14.4. The van der Waals surface area contributed by atoms with E-state index < -0.39 is 34.1 Å². The minimum Gasteiger partial charge on any atom is -0.503 e. The van der Waals surface area contributed by atoms with Crippen LogP contribution in [0.2, 0.25) is 0 Å². The Morgan fingerprint density at radius 3 is 1.65 bits per heavy atom. The van der Waals surface area contributed by atoms with Gasteiger partial charge in [-0.15, -0.1) is 0 Å². The quantitative estimate of drug-likeness (QED) is 0.534. The number of phenolic OH excluding ortho intramolecular Hbond substituents is 1. The molecule has 5 heteroatoms. The summed E-state index contributed by atoms with van der Waals surface area (Å²) in [5, 5.41) is 9.25. The Hall–Kier alpha value is -2.40. The molecule has 23 heavy (non-hydrogen) atoms. The highest BCUT2D eigenvalue weighted by Gasteiger charge is 2.35. The van der Waals surface area contributed by atoms with Crippen molar-refractivity contribution in [1.82, 2.24) is 0 Å². The van der Waals surface area contributed by atoms with Crippen LogP contribution in [0.25, 0.3) is 0 Å². The van der Waals surface area contributed by atoms with Crippen LogP contribution >= 0.6 is 0 Å². The molecule has 0 atom stereocenters. The molecule has 3 aromatic carbocycles. The molecule has 0 spiro atoms. The Balaban J connectivity index is 2.26. The molecule has 1 nitrogen and oxygen atoms in total. The Morgan fingerprint density at radius 2 is 1.17 bits per heavy atom. The summed E-state index contributed by atoms with van der Waals surface area (Å²) >= 11 is 0. The molecule has 0 saturated heterocycles. The van der Waals surface area contributed by atoms with Crippen LogP contribution in [0.4, 0.5) is 13.2 Å². The standard InChI is InChI=1S/C18H11F3OS/c19-14-11-15(16(20)17(21)18(14)22)23(12-7-3-1-4-8-12)13-9-5-2-6-10-13/h1-11H/p+1. The second kappa shape index (κ2) is 6.38. The van der Waals surface area contributed by atoms with Gasteiger partial charge < -0.3 is 5.11 Å². The molecule has 0 saturated carbocycles. The third-order valence-corrected chi connectivity index (χ3v) is 5.50. The fraction of sp³-hybridized carbons (Fsp3) is 0. The summed E-state index contributed by atoms with van der Waals surface area (Å²) in [5.41, 5.74) is 0. The van der Waals surface area contributed by atoms with Crippen LogP contribution in [0.15, 0.2) is 81.4 Å². The van der Waals surface area contributed by atoms with Gasteiger partial charge in [0.05, 0.1) is 0 Å². The van der Waals surface area contributed by atoms with Gasteiger partial charge in [-0.25, -0.2) is 4.39 Å². The number of halogens is 3. The molecule has 0 aliphatic heterocycles. The first-order valence-corrected chi connectivity index (χ1v) is 8.03. The number of benzene rings is 3. The van der Waals surface area contributed by atoms with E-state index in [0.717, 1.165) is 15.9 Å². The van der Waals surface area contributed by atoms with E-state index in [1.807, 2.05) is 12.1 Å². The molecule has 0 aliphatic carbocycles. The van der Waals surface area contributed by atoms with Crippen molar-refractivity contribution in [3.63, 3.8) is 0 Å². The second-order valence-electron chi connectivity index (χ2n) is 4.77. The molecule has 116 valence electrons. The van der Waals surface area contributed by atoms with Crippen molar-refractivity contribution in [2.45, 2.75) is 14.7 Å². The van der Waals surface area contributed by atoms with Crippen LogP contribution in [0.5, 0.6) is 5.75 Å². The molecule has 0 radical (unpaired) electrons. The average molecular weight is 333 g/mol. The van der Waals surface area contributed by atoms with Crippen molar-refractivity contribution in [2.75, 3.05) is 0 Å². The third kappa shape index (κ3) is 2.92. The van der Waals surface area contributed by atoms with Crippen LogP contribution in [0.1, 0.15) is 0 Å². The van der Waals surface area contributed by atoms with Gasteiger partial charge in [-0.2, -0.15) is 8.78 Å². The Kier molecular flexibility index (Phi) is 4.30. The van der Waals surface area contributed by atoms with E-state index in [4.69, 9.17) is 0 Å². The fourth-order valence-electron chi connectivity index (χ4n) is 2.22. The lowest BCUT2D eigenvalue weighted by atomic mass is 10.3. The summed E-state index contributed by atoms with van der Waals surface area (Å²) in [6.45, 7) is 0. The van der Waals surface area contributed by atoms with Gasteiger partial charge in [0.25, 0.3) is 0 Å². The monoisotopic (exact) mass is 333 g/mol. The zero-order valence-corrected chi connectivity index (χ0v) is 12.7. The minimum atomic E-state index is -1.57. The van der Waals surface area contributed by atoms with E-state index in [2.05, 4.69) is 0 Å². The van der Waals surface area contributed by atoms with Gasteiger partial charge in [-0.1, -0.05) is 36.4 Å². The Morgan fingerprint density at radius 1 is 0.696 bits per heavy atom. The van der Waals surface area contributed by atoms with Gasteiger partial charge in [-0.3, -0.25) is 0 Å². The summed E-state index contributed by atoms with van der Waals surface area (Å²) in [4.78, 5) is 1.32. The number of hydrogen-bond donors (Lipinski definition) is 1. The number of rotatable bonds is 3. The van der Waals surface area contributed by atoms with Gasteiger partial charge in [0.15, 0.2) is 21.4 Å². The molecular weight excluding hydrogens is 321 g/mol. The van der Waals surface area contributed by atoms with Crippen molar-refractivity contribution in [2.24, 2.45) is 0 Å². The molecule has 0 aromatic heterocycles. The fourth-order valence-corrected chi connectivity index (χ4v) is 4.34. The lowest BCUT2D eigenvalue weighted by molar-refractivity contribution is 0.370. The molecule has 0 heterocycles. The van der Waals surface area contributed by atoms with E-state index in [0.29, 0.717) is 0 Å². The minimum absolute atomic E-state index is 0.129. The predicted octanol–water partition coefficient (Wildman–Crippen LogP) is 4.90. The molecule has 0 aliphatic rings. The highest BCUT2D eigenvalue weighted by Crippen LogP contribution is 2.36. The SMILES string of the molecule is Oc1c(F)cc([S+](c2ccccc2)c2ccccc2)c(F)c1F. The van der Waals surface area contributed by atoms with Crippen LogP contribution < -0.4 is 0 Å². The maximum Gasteiger partial charge on any atom is 0.218 e. The number of aromatic hydroxyl groups is 1. The van der Waals surface area contributed by atoms with Crippen molar-refractivity contribution < 1.29 is 18.3 Å². The molecule has 3 rings (SSSR count). The van der Waals surface area contributed by atoms with Crippen LogP contribution in [0, 0.1) is 17.5 Å². The van der Waals surface area contributed by atoms with Gasteiger partial charge in [0, 0.05) is 6.07 Å². The third-order valence-electron chi connectivity index (χ3n) is 3.28. The average Bonchev–Trinajstić information content (AvgIpc) is 2.60. The van der Waals surface area contributed by atoms with Crippen LogP contribution in [-0.4, -0.2) is 5.11 Å². The lowest BCUT2D eigenvalue weighted by Gasteiger charge is -2.10. The van der Waals surface area contributed by atoms with Crippen molar-refractivity contribution in [3.05, 3.63) is 84.2 Å². The van der Waals surface area contributed by atoms with E-state index in [-0.39, 0.29) is 4.90 Å². The summed E-state index contributed by atoms with van der Waals surface area (Å²) in [7, 11) is -1.02. The van der Waals surface area contributed by atoms with Crippen LogP contribution in [0.3, 0.4) is 0 Å².